The Morgan fingerprint density at radius 2 is 1.67 bits per heavy atom. The largest absolute Gasteiger partial charge is 0.494 e. The minimum atomic E-state index is -0.294. The minimum absolute atomic E-state index is 0.220. The summed E-state index contributed by atoms with van der Waals surface area (Å²) in [6, 6.07) is 24.4. The first-order chi connectivity index (χ1) is 14.6. The lowest BCUT2D eigenvalue weighted by atomic mass is 10.2. The Balaban J connectivity index is 1.50. The van der Waals surface area contributed by atoms with E-state index < -0.39 is 0 Å². The summed E-state index contributed by atoms with van der Waals surface area (Å²) in [7, 11) is 0. The zero-order chi connectivity index (χ0) is 21.2. The number of carbonyl (C=O) groups is 1. The number of amides is 1. The molecule has 0 saturated carbocycles. The van der Waals surface area contributed by atoms with Gasteiger partial charge in [-0.25, -0.2) is 0 Å². The minimum Gasteiger partial charge on any atom is -0.494 e. The molecule has 154 valence electrons. The van der Waals surface area contributed by atoms with Crippen LogP contribution in [0.1, 0.15) is 29.3 Å². The van der Waals surface area contributed by atoms with E-state index in [2.05, 4.69) is 10.6 Å². The molecule has 3 aromatic rings. The van der Waals surface area contributed by atoms with E-state index in [0.29, 0.717) is 24.5 Å². The molecule has 0 aliphatic heterocycles. The van der Waals surface area contributed by atoms with Gasteiger partial charge >= 0.3 is 0 Å². The molecule has 0 spiro atoms. The fraction of sp³-hybridized carbons (Fsp3) is 0.167. The summed E-state index contributed by atoms with van der Waals surface area (Å²) < 4.78 is 11.3. The smallest absolute Gasteiger partial charge is 0.257 e. The lowest BCUT2D eigenvalue weighted by Gasteiger charge is -2.11. The normalized spacial score (nSPS) is 10.2. The molecule has 0 aliphatic carbocycles. The van der Waals surface area contributed by atoms with Crippen LogP contribution >= 0.6 is 12.2 Å². The van der Waals surface area contributed by atoms with Gasteiger partial charge in [0.25, 0.3) is 5.91 Å². The quantitative estimate of drug-likeness (QED) is 0.492. The van der Waals surface area contributed by atoms with E-state index in [9.17, 15) is 4.79 Å². The molecule has 0 bridgehead atoms. The van der Waals surface area contributed by atoms with Crippen molar-refractivity contribution in [1.29, 1.82) is 0 Å². The first-order valence-corrected chi connectivity index (χ1v) is 10.2. The van der Waals surface area contributed by atoms with Crippen LogP contribution in [0.25, 0.3) is 0 Å². The van der Waals surface area contributed by atoms with E-state index in [-0.39, 0.29) is 11.0 Å². The topological polar surface area (TPSA) is 59.6 Å². The molecule has 3 aromatic carbocycles. The molecule has 0 atom stereocenters. The molecule has 2 N–H and O–H groups in total. The van der Waals surface area contributed by atoms with Gasteiger partial charge < -0.3 is 14.8 Å². The van der Waals surface area contributed by atoms with Crippen LogP contribution in [0.5, 0.6) is 11.5 Å². The number of benzene rings is 3. The van der Waals surface area contributed by atoms with Crippen molar-refractivity contribution in [2.24, 2.45) is 0 Å². The molecular formula is C24H24N2O3S. The molecule has 1 amide bonds. The second kappa shape index (κ2) is 11.0. The van der Waals surface area contributed by atoms with Gasteiger partial charge in [-0.05, 0) is 66.7 Å². The monoisotopic (exact) mass is 420 g/mol. The highest BCUT2D eigenvalue weighted by molar-refractivity contribution is 7.80. The Labute approximate surface area is 182 Å². The molecule has 0 fully saturated rings. The zero-order valence-corrected chi connectivity index (χ0v) is 17.6. The van der Waals surface area contributed by atoms with E-state index in [1.165, 1.54) is 0 Å². The van der Waals surface area contributed by atoms with Crippen LogP contribution in [0.15, 0.2) is 78.9 Å². The third kappa shape index (κ3) is 6.60. The summed E-state index contributed by atoms with van der Waals surface area (Å²) in [6.07, 6.45) is 0.903. The fourth-order valence-corrected chi connectivity index (χ4v) is 2.87. The number of thiocarbonyl (C=S) groups is 1. The van der Waals surface area contributed by atoms with Crippen LogP contribution in [0, 0.1) is 0 Å². The number of nitrogens with one attached hydrogen (secondary N) is 2. The lowest BCUT2D eigenvalue weighted by Crippen LogP contribution is -2.34. The highest BCUT2D eigenvalue weighted by atomic mass is 32.1. The Kier molecular flexibility index (Phi) is 7.80. The number of rotatable bonds is 8. The Hall–Kier alpha value is -3.38. The molecule has 6 heteroatoms. The van der Waals surface area contributed by atoms with Crippen molar-refractivity contribution in [3.63, 3.8) is 0 Å². The summed E-state index contributed by atoms with van der Waals surface area (Å²) in [5, 5.41) is 5.91. The van der Waals surface area contributed by atoms with E-state index in [0.717, 1.165) is 23.4 Å². The van der Waals surface area contributed by atoms with E-state index in [4.69, 9.17) is 21.7 Å². The van der Waals surface area contributed by atoms with Gasteiger partial charge in [0.15, 0.2) is 5.11 Å². The highest BCUT2D eigenvalue weighted by Gasteiger charge is 2.09. The molecule has 30 heavy (non-hydrogen) atoms. The van der Waals surface area contributed by atoms with Gasteiger partial charge in [-0.15, -0.1) is 0 Å². The first-order valence-electron chi connectivity index (χ1n) is 9.76. The van der Waals surface area contributed by atoms with Crippen LogP contribution in [0.2, 0.25) is 0 Å². The Morgan fingerprint density at radius 1 is 0.900 bits per heavy atom. The molecule has 5 nitrogen and oxygen atoms in total. The molecule has 0 heterocycles. The van der Waals surface area contributed by atoms with Crippen molar-refractivity contribution in [2.75, 3.05) is 11.9 Å². The number of carbonyl (C=O) groups excluding carboxylic acids is 1. The lowest BCUT2D eigenvalue weighted by molar-refractivity contribution is 0.0977. The van der Waals surface area contributed by atoms with Crippen molar-refractivity contribution in [3.8, 4) is 11.5 Å². The van der Waals surface area contributed by atoms with Crippen LogP contribution < -0.4 is 20.1 Å². The van der Waals surface area contributed by atoms with Gasteiger partial charge in [-0.3, -0.25) is 10.1 Å². The van der Waals surface area contributed by atoms with E-state index in [1.807, 2.05) is 67.6 Å². The van der Waals surface area contributed by atoms with Crippen LogP contribution in [0.4, 0.5) is 5.69 Å². The maximum Gasteiger partial charge on any atom is 0.257 e. The van der Waals surface area contributed by atoms with Gasteiger partial charge in [0.2, 0.25) is 0 Å². The van der Waals surface area contributed by atoms with Gasteiger partial charge in [0, 0.05) is 11.3 Å². The average Bonchev–Trinajstić information content (AvgIpc) is 2.78. The predicted molar refractivity (Wildman–Crippen MR) is 123 cm³/mol. The Morgan fingerprint density at radius 3 is 2.40 bits per heavy atom. The molecule has 0 aliphatic rings. The number of ether oxygens (including phenoxy) is 2. The van der Waals surface area contributed by atoms with E-state index in [1.54, 1.807) is 18.2 Å². The maximum absolute atomic E-state index is 12.4. The SMILES string of the molecule is CCCOc1cccc(C(=O)NC(=S)Nc2ccc(OCc3ccccc3)cc2)c1. The van der Waals surface area contributed by atoms with Crippen LogP contribution in [-0.4, -0.2) is 17.6 Å². The second-order valence-corrected chi connectivity index (χ2v) is 6.99. The summed E-state index contributed by atoms with van der Waals surface area (Å²) in [5.74, 6) is 1.12. The predicted octanol–water partition coefficient (Wildman–Crippen LogP) is 5.18. The van der Waals surface area contributed by atoms with Gasteiger partial charge in [0.05, 0.1) is 6.61 Å². The van der Waals surface area contributed by atoms with Crippen molar-refractivity contribution in [1.82, 2.24) is 5.32 Å². The first kappa shape index (κ1) is 21.3. The van der Waals surface area contributed by atoms with Crippen molar-refractivity contribution >= 4 is 28.9 Å². The maximum atomic E-state index is 12.4. The zero-order valence-electron chi connectivity index (χ0n) is 16.8. The summed E-state index contributed by atoms with van der Waals surface area (Å²) in [5.41, 5.74) is 2.34. The summed E-state index contributed by atoms with van der Waals surface area (Å²) in [4.78, 5) is 12.4. The average molecular weight is 421 g/mol. The highest BCUT2D eigenvalue weighted by Crippen LogP contribution is 2.17. The molecule has 0 radical (unpaired) electrons. The van der Waals surface area contributed by atoms with Crippen LogP contribution in [0.3, 0.4) is 0 Å². The van der Waals surface area contributed by atoms with Crippen molar-refractivity contribution in [3.05, 3.63) is 90.0 Å². The van der Waals surface area contributed by atoms with Gasteiger partial charge in [-0.1, -0.05) is 43.3 Å². The third-order valence-corrected chi connectivity index (χ3v) is 4.36. The van der Waals surface area contributed by atoms with E-state index >= 15 is 0 Å². The van der Waals surface area contributed by atoms with Crippen LogP contribution in [-0.2, 0) is 6.61 Å². The number of hydrogen-bond acceptors (Lipinski definition) is 4. The molecule has 0 saturated heterocycles. The molecule has 0 unspecified atom stereocenters. The van der Waals surface area contributed by atoms with Gasteiger partial charge in [0.1, 0.15) is 18.1 Å². The standard InChI is InChI=1S/C24H24N2O3S/c1-2-15-28-22-10-6-9-19(16-22)23(27)26-24(30)25-20-11-13-21(14-12-20)29-17-18-7-4-3-5-8-18/h3-14,16H,2,15,17H2,1H3,(H2,25,26,27,30). The Bertz CT molecular complexity index is 975. The van der Waals surface area contributed by atoms with Gasteiger partial charge in [-0.2, -0.15) is 0 Å². The number of anilines is 1. The fourth-order valence-electron chi connectivity index (χ4n) is 2.66. The molecular weight excluding hydrogens is 396 g/mol. The molecule has 3 rings (SSSR count). The second-order valence-electron chi connectivity index (χ2n) is 6.58. The molecule has 0 aromatic heterocycles. The number of hydrogen-bond donors (Lipinski definition) is 2. The summed E-state index contributed by atoms with van der Waals surface area (Å²) in [6.45, 7) is 3.14. The van der Waals surface area contributed by atoms with Crippen molar-refractivity contribution in [2.45, 2.75) is 20.0 Å². The summed E-state index contributed by atoms with van der Waals surface area (Å²) >= 11 is 5.26. The van der Waals surface area contributed by atoms with Crippen molar-refractivity contribution < 1.29 is 14.3 Å². The third-order valence-electron chi connectivity index (χ3n) is 4.16.